The zero-order valence-corrected chi connectivity index (χ0v) is 14.3. The Morgan fingerprint density at radius 1 is 1.24 bits per heavy atom. The number of hydrogen-bond acceptors (Lipinski definition) is 3. The van der Waals surface area contributed by atoms with Crippen LogP contribution < -0.4 is 5.32 Å². The highest BCUT2D eigenvalue weighted by Gasteiger charge is 2.19. The van der Waals surface area contributed by atoms with Gasteiger partial charge in [-0.25, -0.2) is 0 Å². The first-order valence-electron chi connectivity index (χ1n) is 7.24. The van der Waals surface area contributed by atoms with Gasteiger partial charge in [0.2, 0.25) is 0 Å². The minimum atomic E-state index is 0.699. The topological polar surface area (TPSA) is 21.8 Å². The van der Waals surface area contributed by atoms with Crippen LogP contribution in [-0.4, -0.2) is 73.2 Å². The average molecular weight is 327 g/mol. The summed E-state index contributed by atoms with van der Waals surface area (Å²) < 4.78 is 0. The number of halogens is 1. The normalized spacial score (nSPS) is 16.3. The lowest BCUT2D eigenvalue weighted by molar-refractivity contribution is 0.170. The molecular formula is C15H23ClN4S. The van der Waals surface area contributed by atoms with E-state index >= 15 is 0 Å². The number of piperazine rings is 1. The van der Waals surface area contributed by atoms with E-state index in [4.69, 9.17) is 23.8 Å². The molecule has 1 aliphatic heterocycles. The van der Waals surface area contributed by atoms with Gasteiger partial charge in [0.1, 0.15) is 0 Å². The summed E-state index contributed by atoms with van der Waals surface area (Å²) in [6.07, 6.45) is 0. The van der Waals surface area contributed by atoms with E-state index in [0.29, 0.717) is 5.02 Å². The van der Waals surface area contributed by atoms with E-state index in [2.05, 4.69) is 34.1 Å². The van der Waals surface area contributed by atoms with Crippen molar-refractivity contribution in [3.05, 3.63) is 29.3 Å². The highest BCUT2D eigenvalue weighted by molar-refractivity contribution is 7.80. The van der Waals surface area contributed by atoms with Crippen molar-refractivity contribution in [3.8, 4) is 0 Å². The van der Waals surface area contributed by atoms with Gasteiger partial charge >= 0.3 is 0 Å². The number of anilines is 1. The Balaban J connectivity index is 1.79. The van der Waals surface area contributed by atoms with E-state index in [-0.39, 0.29) is 0 Å². The van der Waals surface area contributed by atoms with E-state index in [9.17, 15) is 0 Å². The third-order valence-electron chi connectivity index (χ3n) is 3.64. The van der Waals surface area contributed by atoms with E-state index < -0.39 is 0 Å². The predicted octanol–water partition coefficient (Wildman–Crippen LogP) is 2.22. The molecule has 116 valence electrons. The summed E-state index contributed by atoms with van der Waals surface area (Å²) in [6, 6.07) is 7.68. The second kappa shape index (κ2) is 7.94. The Morgan fingerprint density at radius 3 is 2.52 bits per heavy atom. The van der Waals surface area contributed by atoms with Crippen LogP contribution in [0.5, 0.6) is 0 Å². The maximum Gasteiger partial charge on any atom is 0.173 e. The van der Waals surface area contributed by atoms with Gasteiger partial charge in [0.25, 0.3) is 0 Å². The fourth-order valence-electron chi connectivity index (χ4n) is 2.27. The Kier molecular flexibility index (Phi) is 6.23. The molecule has 0 atom stereocenters. The molecule has 0 bridgehead atoms. The van der Waals surface area contributed by atoms with E-state index in [1.54, 1.807) is 0 Å². The van der Waals surface area contributed by atoms with Crippen LogP contribution in [0, 0.1) is 0 Å². The summed E-state index contributed by atoms with van der Waals surface area (Å²) in [4.78, 5) is 6.91. The smallest absolute Gasteiger partial charge is 0.173 e. The molecule has 1 N–H and O–H groups in total. The van der Waals surface area contributed by atoms with Crippen molar-refractivity contribution in [3.63, 3.8) is 0 Å². The van der Waals surface area contributed by atoms with E-state index in [0.717, 1.165) is 50.1 Å². The Labute approximate surface area is 137 Å². The average Bonchev–Trinajstić information content (AvgIpc) is 2.48. The molecule has 1 aromatic rings. The lowest BCUT2D eigenvalue weighted by Crippen LogP contribution is -2.51. The van der Waals surface area contributed by atoms with Crippen LogP contribution in [0.25, 0.3) is 0 Å². The van der Waals surface area contributed by atoms with Gasteiger partial charge in [-0.1, -0.05) is 23.7 Å². The molecule has 0 spiro atoms. The summed E-state index contributed by atoms with van der Waals surface area (Å²) in [5, 5.41) is 4.70. The van der Waals surface area contributed by atoms with Crippen LogP contribution >= 0.6 is 23.8 Å². The summed E-state index contributed by atoms with van der Waals surface area (Å²) in [5.41, 5.74) is 0.874. The quantitative estimate of drug-likeness (QED) is 0.854. The Bertz CT molecular complexity index is 472. The molecule has 0 radical (unpaired) electrons. The first-order valence-corrected chi connectivity index (χ1v) is 8.02. The number of benzene rings is 1. The third-order valence-corrected chi connectivity index (χ3v) is 4.33. The standard InChI is InChI=1S/C15H23ClN4S/c1-18(2)7-8-19-9-11-20(12-10-19)15(21)17-14-6-4-3-5-13(14)16/h3-6H,7-12H2,1-2H3,(H,17,21). The van der Waals surface area contributed by atoms with E-state index in [1.165, 1.54) is 0 Å². The lowest BCUT2D eigenvalue weighted by atomic mass is 10.3. The van der Waals surface area contributed by atoms with Gasteiger partial charge in [0, 0.05) is 39.3 Å². The van der Waals surface area contributed by atoms with Gasteiger partial charge in [-0.2, -0.15) is 0 Å². The molecule has 1 fully saturated rings. The Hall–Kier alpha value is -0.880. The molecule has 1 saturated heterocycles. The first kappa shape index (κ1) is 16.5. The largest absolute Gasteiger partial charge is 0.346 e. The number of hydrogen-bond donors (Lipinski definition) is 1. The number of nitrogens with one attached hydrogen (secondary N) is 1. The maximum absolute atomic E-state index is 6.15. The number of likely N-dealkylation sites (N-methyl/N-ethyl adjacent to an activating group) is 1. The molecule has 6 heteroatoms. The van der Waals surface area contributed by atoms with Crippen LogP contribution in [0.2, 0.25) is 5.02 Å². The van der Waals surface area contributed by atoms with Gasteiger partial charge in [0.15, 0.2) is 5.11 Å². The summed E-state index contributed by atoms with van der Waals surface area (Å²) in [7, 11) is 4.22. The highest BCUT2D eigenvalue weighted by atomic mass is 35.5. The van der Waals surface area contributed by atoms with Crippen LogP contribution in [-0.2, 0) is 0 Å². The molecule has 1 heterocycles. The second-order valence-electron chi connectivity index (χ2n) is 5.54. The minimum Gasteiger partial charge on any atom is -0.346 e. The van der Waals surface area contributed by atoms with E-state index in [1.807, 2.05) is 24.3 Å². The zero-order chi connectivity index (χ0) is 15.2. The van der Waals surface area contributed by atoms with Crippen molar-refractivity contribution in [2.45, 2.75) is 0 Å². The highest BCUT2D eigenvalue weighted by Crippen LogP contribution is 2.21. The van der Waals surface area contributed by atoms with Crippen molar-refractivity contribution >= 4 is 34.6 Å². The summed E-state index contributed by atoms with van der Waals surface area (Å²) in [6.45, 7) is 6.25. The minimum absolute atomic E-state index is 0.699. The maximum atomic E-state index is 6.15. The second-order valence-corrected chi connectivity index (χ2v) is 6.34. The van der Waals surface area contributed by atoms with Gasteiger partial charge in [-0.3, -0.25) is 4.90 Å². The zero-order valence-electron chi connectivity index (χ0n) is 12.7. The molecular weight excluding hydrogens is 304 g/mol. The van der Waals surface area contributed by atoms with Crippen LogP contribution in [0.15, 0.2) is 24.3 Å². The number of thiocarbonyl (C=S) groups is 1. The van der Waals surface area contributed by atoms with Gasteiger partial charge in [0.05, 0.1) is 10.7 Å². The number of para-hydroxylation sites is 1. The molecule has 2 rings (SSSR count). The monoisotopic (exact) mass is 326 g/mol. The van der Waals surface area contributed by atoms with Crippen molar-refractivity contribution in [2.75, 3.05) is 58.7 Å². The molecule has 1 aromatic carbocycles. The van der Waals surface area contributed by atoms with Gasteiger partial charge < -0.3 is 15.1 Å². The summed E-state index contributed by atoms with van der Waals surface area (Å²) in [5.74, 6) is 0. The molecule has 4 nitrogen and oxygen atoms in total. The van der Waals surface area contributed by atoms with Crippen molar-refractivity contribution in [1.29, 1.82) is 0 Å². The van der Waals surface area contributed by atoms with Crippen LogP contribution in [0.3, 0.4) is 0 Å². The van der Waals surface area contributed by atoms with Gasteiger partial charge in [-0.05, 0) is 38.4 Å². The fourth-order valence-corrected chi connectivity index (χ4v) is 2.75. The van der Waals surface area contributed by atoms with Crippen molar-refractivity contribution in [2.24, 2.45) is 0 Å². The fraction of sp³-hybridized carbons (Fsp3) is 0.533. The number of rotatable bonds is 4. The van der Waals surface area contributed by atoms with Crippen LogP contribution in [0.1, 0.15) is 0 Å². The van der Waals surface area contributed by atoms with Gasteiger partial charge in [-0.15, -0.1) is 0 Å². The lowest BCUT2D eigenvalue weighted by Gasteiger charge is -2.36. The molecule has 0 unspecified atom stereocenters. The molecule has 1 aliphatic rings. The molecule has 21 heavy (non-hydrogen) atoms. The first-order chi connectivity index (χ1) is 10.1. The van der Waals surface area contributed by atoms with Crippen molar-refractivity contribution < 1.29 is 0 Å². The van der Waals surface area contributed by atoms with Crippen molar-refractivity contribution in [1.82, 2.24) is 14.7 Å². The van der Waals surface area contributed by atoms with Crippen LogP contribution in [0.4, 0.5) is 5.69 Å². The number of nitrogens with zero attached hydrogens (tertiary/aromatic N) is 3. The predicted molar refractivity (Wildman–Crippen MR) is 94.2 cm³/mol. The molecule has 0 amide bonds. The molecule has 0 saturated carbocycles. The molecule has 0 aliphatic carbocycles. The molecule has 0 aromatic heterocycles. The Morgan fingerprint density at radius 2 is 1.90 bits per heavy atom. The summed E-state index contributed by atoms with van der Waals surface area (Å²) >= 11 is 11.6. The third kappa shape index (κ3) is 5.11. The SMILES string of the molecule is CN(C)CCN1CCN(C(=S)Nc2ccccc2Cl)CC1.